The molecule has 0 fully saturated rings. The molecule has 3 nitrogen and oxygen atoms in total. The Morgan fingerprint density at radius 2 is 2.05 bits per heavy atom. The van der Waals surface area contributed by atoms with Gasteiger partial charge in [-0.25, -0.2) is 9.37 Å². The van der Waals surface area contributed by atoms with Gasteiger partial charge in [0.2, 0.25) is 5.91 Å². The van der Waals surface area contributed by atoms with Crippen molar-refractivity contribution in [3.8, 4) is 10.6 Å². The van der Waals surface area contributed by atoms with E-state index in [0.717, 1.165) is 29.2 Å². The Balaban J connectivity index is 1.82. The second kappa shape index (κ2) is 8.03. The molecule has 118 valence electrons. The predicted octanol–water partition coefficient (Wildman–Crippen LogP) is 4.04. The van der Waals surface area contributed by atoms with Crippen LogP contribution in [-0.2, 0) is 11.2 Å². The third kappa shape index (κ3) is 5.22. The summed E-state index contributed by atoms with van der Waals surface area (Å²) in [7, 11) is 0. The third-order valence-electron chi connectivity index (χ3n) is 3.29. The van der Waals surface area contributed by atoms with E-state index in [4.69, 9.17) is 0 Å². The first-order chi connectivity index (χ1) is 10.5. The number of nitrogens with zero attached hydrogens (tertiary/aromatic N) is 1. The van der Waals surface area contributed by atoms with Crippen LogP contribution in [0, 0.1) is 11.7 Å². The van der Waals surface area contributed by atoms with E-state index in [-0.39, 0.29) is 11.7 Å². The molecule has 1 heterocycles. The van der Waals surface area contributed by atoms with Crippen molar-refractivity contribution in [2.24, 2.45) is 5.92 Å². The van der Waals surface area contributed by atoms with Crippen molar-refractivity contribution in [2.45, 2.75) is 33.1 Å². The normalized spacial score (nSPS) is 10.9. The minimum atomic E-state index is -0.251. The highest BCUT2D eigenvalue weighted by Crippen LogP contribution is 2.24. The van der Waals surface area contributed by atoms with Crippen LogP contribution in [0.15, 0.2) is 29.6 Å². The van der Waals surface area contributed by atoms with Gasteiger partial charge in [0.25, 0.3) is 0 Å². The van der Waals surface area contributed by atoms with Gasteiger partial charge in [0.15, 0.2) is 0 Å². The lowest BCUT2D eigenvalue weighted by Crippen LogP contribution is -2.25. The number of amides is 1. The predicted molar refractivity (Wildman–Crippen MR) is 88.3 cm³/mol. The topological polar surface area (TPSA) is 42.0 Å². The molecule has 0 aliphatic carbocycles. The molecule has 0 saturated carbocycles. The Morgan fingerprint density at radius 1 is 1.32 bits per heavy atom. The van der Waals surface area contributed by atoms with Crippen molar-refractivity contribution in [2.75, 3.05) is 6.54 Å². The summed E-state index contributed by atoms with van der Waals surface area (Å²) in [5.41, 5.74) is 1.81. The van der Waals surface area contributed by atoms with Crippen LogP contribution in [0.1, 0.15) is 32.4 Å². The number of rotatable bonds is 7. The zero-order valence-electron chi connectivity index (χ0n) is 12.9. The second-order valence-electron chi connectivity index (χ2n) is 5.68. The average Bonchev–Trinajstić information content (AvgIpc) is 2.94. The molecule has 0 bridgehead atoms. The summed E-state index contributed by atoms with van der Waals surface area (Å²) in [4.78, 5) is 16.2. The van der Waals surface area contributed by atoms with E-state index in [9.17, 15) is 9.18 Å². The van der Waals surface area contributed by atoms with Gasteiger partial charge in [-0.3, -0.25) is 4.79 Å². The average molecular weight is 320 g/mol. The molecule has 0 aliphatic rings. The van der Waals surface area contributed by atoms with Gasteiger partial charge in [0.05, 0.1) is 5.69 Å². The molecule has 0 unspecified atom stereocenters. The Hall–Kier alpha value is -1.75. The summed E-state index contributed by atoms with van der Waals surface area (Å²) in [6.45, 7) is 5.01. The lowest BCUT2D eigenvalue weighted by atomic mass is 10.1. The Morgan fingerprint density at radius 3 is 2.73 bits per heavy atom. The largest absolute Gasteiger partial charge is 0.356 e. The second-order valence-corrected chi connectivity index (χ2v) is 6.54. The maximum atomic E-state index is 12.9. The highest BCUT2D eigenvalue weighted by atomic mass is 32.1. The van der Waals surface area contributed by atoms with Crippen molar-refractivity contribution in [3.05, 3.63) is 41.2 Å². The first-order valence-corrected chi connectivity index (χ1v) is 8.39. The molecular formula is C17H21FN2OS. The number of carbonyl (C=O) groups is 1. The summed E-state index contributed by atoms with van der Waals surface area (Å²) >= 11 is 1.52. The molecule has 2 aromatic rings. The van der Waals surface area contributed by atoms with Gasteiger partial charge in [-0.1, -0.05) is 13.8 Å². The van der Waals surface area contributed by atoms with E-state index in [2.05, 4.69) is 24.1 Å². The molecule has 0 radical (unpaired) electrons. The summed E-state index contributed by atoms with van der Waals surface area (Å²) in [5, 5.41) is 5.74. The van der Waals surface area contributed by atoms with Crippen LogP contribution in [0.5, 0.6) is 0 Å². The monoisotopic (exact) mass is 320 g/mol. The maximum absolute atomic E-state index is 12.9. The van der Waals surface area contributed by atoms with E-state index in [1.54, 1.807) is 12.1 Å². The molecule has 2 rings (SSSR count). The smallest absolute Gasteiger partial charge is 0.220 e. The minimum absolute atomic E-state index is 0.0667. The molecule has 0 aliphatic heterocycles. The lowest BCUT2D eigenvalue weighted by molar-refractivity contribution is -0.121. The first-order valence-electron chi connectivity index (χ1n) is 7.51. The van der Waals surface area contributed by atoms with Gasteiger partial charge in [0, 0.05) is 23.9 Å². The van der Waals surface area contributed by atoms with E-state index >= 15 is 0 Å². The minimum Gasteiger partial charge on any atom is -0.356 e. The van der Waals surface area contributed by atoms with Crippen LogP contribution in [0.25, 0.3) is 10.6 Å². The van der Waals surface area contributed by atoms with Gasteiger partial charge < -0.3 is 5.32 Å². The van der Waals surface area contributed by atoms with Crippen molar-refractivity contribution in [3.63, 3.8) is 0 Å². The van der Waals surface area contributed by atoms with Crippen LogP contribution < -0.4 is 5.32 Å². The number of aryl methyl sites for hydroxylation is 1. The number of nitrogens with one attached hydrogen (secondary N) is 1. The van der Waals surface area contributed by atoms with Crippen LogP contribution in [-0.4, -0.2) is 17.4 Å². The fourth-order valence-electron chi connectivity index (χ4n) is 1.98. The zero-order valence-corrected chi connectivity index (χ0v) is 13.8. The molecule has 1 aromatic heterocycles. The molecule has 5 heteroatoms. The number of halogens is 1. The Bertz CT molecular complexity index is 607. The van der Waals surface area contributed by atoms with Crippen molar-refractivity contribution in [1.29, 1.82) is 0 Å². The highest BCUT2D eigenvalue weighted by Gasteiger charge is 2.07. The number of hydrogen-bond acceptors (Lipinski definition) is 3. The van der Waals surface area contributed by atoms with E-state index in [1.165, 1.54) is 23.5 Å². The number of carbonyl (C=O) groups excluding carboxylic acids is 1. The fraction of sp³-hybridized carbons (Fsp3) is 0.412. The van der Waals surface area contributed by atoms with Crippen LogP contribution >= 0.6 is 11.3 Å². The number of benzene rings is 1. The molecule has 1 aromatic carbocycles. The number of hydrogen-bond donors (Lipinski definition) is 1. The number of aromatic nitrogens is 1. The van der Waals surface area contributed by atoms with Crippen LogP contribution in [0.2, 0.25) is 0 Å². The molecule has 0 saturated heterocycles. The third-order valence-corrected chi connectivity index (χ3v) is 4.24. The van der Waals surface area contributed by atoms with Crippen molar-refractivity contribution in [1.82, 2.24) is 10.3 Å². The van der Waals surface area contributed by atoms with Gasteiger partial charge in [-0.15, -0.1) is 11.3 Å². The van der Waals surface area contributed by atoms with Gasteiger partial charge in [-0.05, 0) is 43.0 Å². The maximum Gasteiger partial charge on any atom is 0.220 e. The van der Waals surface area contributed by atoms with Crippen LogP contribution in [0.3, 0.4) is 0 Å². The van der Waals surface area contributed by atoms with Gasteiger partial charge in [-0.2, -0.15) is 0 Å². The first kappa shape index (κ1) is 16.6. The number of thiazole rings is 1. The quantitative estimate of drug-likeness (QED) is 0.836. The molecule has 1 N–H and O–H groups in total. The van der Waals surface area contributed by atoms with Crippen LogP contribution in [0.4, 0.5) is 4.39 Å². The molecule has 0 atom stereocenters. The fourth-order valence-corrected chi connectivity index (χ4v) is 2.84. The van der Waals surface area contributed by atoms with Crippen molar-refractivity contribution < 1.29 is 9.18 Å². The molecular weight excluding hydrogens is 299 g/mol. The SMILES string of the molecule is CC(C)CCNC(=O)CCc1csc(-c2ccc(F)cc2)n1. The lowest BCUT2D eigenvalue weighted by Gasteiger charge is -2.06. The van der Waals surface area contributed by atoms with E-state index in [1.807, 2.05) is 5.38 Å². The molecule has 1 amide bonds. The van der Waals surface area contributed by atoms with Crippen molar-refractivity contribution >= 4 is 17.2 Å². The molecule has 22 heavy (non-hydrogen) atoms. The zero-order chi connectivity index (χ0) is 15.9. The van der Waals surface area contributed by atoms with E-state index in [0.29, 0.717) is 18.8 Å². The molecule has 0 spiro atoms. The Labute approximate surface area is 134 Å². The summed E-state index contributed by atoms with van der Waals surface area (Å²) < 4.78 is 12.9. The highest BCUT2D eigenvalue weighted by molar-refractivity contribution is 7.13. The summed E-state index contributed by atoms with van der Waals surface area (Å²) in [6, 6.07) is 6.30. The Kier molecular flexibility index (Phi) is 6.07. The van der Waals surface area contributed by atoms with Gasteiger partial charge in [0.1, 0.15) is 10.8 Å². The van der Waals surface area contributed by atoms with E-state index < -0.39 is 0 Å². The van der Waals surface area contributed by atoms with Gasteiger partial charge >= 0.3 is 0 Å². The summed E-state index contributed by atoms with van der Waals surface area (Å²) in [6.07, 6.45) is 2.08. The standard InChI is InChI=1S/C17H21FN2OS/c1-12(2)9-10-19-16(21)8-7-15-11-22-17(20-15)13-3-5-14(18)6-4-13/h3-6,11-12H,7-10H2,1-2H3,(H,19,21). The summed E-state index contributed by atoms with van der Waals surface area (Å²) in [5.74, 6) is 0.410.